The maximum absolute atomic E-state index is 12.5. The van der Waals surface area contributed by atoms with Gasteiger partial charge in [-0.2, -0.15) is 0 Å². The molecule has 1 aliphatic rings. The minimum atomic E-state index is -3.35. The molecule has 1 atom stereocenters. The van der Waals surface area contributed by atoms with Crippen LogP contribution in [0.2, 0.25) is 0 Å². The first-order chi connectivity index (χ1) is 9.80. The molecule has 116 valence electrons. The molecule has 1 heterocycles. The van der Waals surface area contributed by atoms with Crippen molar-refractivity contribution < 1.29 is 13.2 Å². The highest BCUT2D eigenvalue weighted by atomic mass is 32.2. The fourth-order valence-corrected chi connectivity index (χ4v) is 5.21. The van der Waals surface area contributed by atoms with Gasteiger partial charge in [0.2, 0.25) is 5.91 Å². The van der Waals surface area contributed by atoms with Crippen LogP contribution in [0.3, 0.4) is 0 Å². The molecule has 0 N–H and O–H groups in total. The van der Waals surface area contributed by atoms with Gasteiger partial charge in [-0.1, -0.05) is 26.0 Å². The lowest BCUT2D eigenvalue weighted by molar-refractivity contribution is -0.116. The number of sulfone groups is 1. The Kier molecular flexibility index (Phi) is 4.99. The Hall–Kier alpha value is -1.01. The molecule has 0 unspecified atom stereocenters. The van der Waals surface area contributed by atoms with Crippen molar-refractivity contribution >= 4 is 33.2 Å². The number of fused-ring (bicyclic) bond motifs is 1. The Morgan fingerprint density at radius 2 is 2.05 bits per heavy atom. The normalized spacial score (nSPS) is 18.7. The number of hydrogen-bond donors (Lipinski definition) is 0. The van der Waals surface area contributed by atoms with E-state index in [0.29, 0.717) is 0 Å². The molecule has 0 bridgehead atoms. The smallest absolute Gasteiger partial charge is 0.242 e. The van der Waals surface area contributed by atoms with E-state index in [4.69, 9.17) is 0 Å². The first-order valence-corrected chi connectivity index (χ1v) is 9.85. The minimum absolute atomic E-state index is 0.00616. The Balaban J connectivity index is 2.23. The summed E-state index contributed by atoms with van der Waals surface area (Å²) in [5.74, 6) is 0.138. The molecular weight excluding hydrogens is 306 g/mol. The Bertz CT molecular complexity index is 626. The summed E-state index contributed by atoms with van der Waals surface area (Å²) in [5, 5.41) is 0. The molecule has 0 radical (unpaired) electrons. The Labute approximate surface area is 130 Å². The topological polar surface area (TPSA) is 54.5 Å². The summed E-state index contributed by atoms with van der Waals surface area (Å²) in [4.78, 5) is 15.2. The largest absolute Gasteiger partial charge is 0.307 e. The van der Waals surface area contributed by atoms with Crippen LogP contribution in [0.4, 0.5) is 5.69 Å². The predicted molar refractivity (Wildman–Crippen MR) is 87.6 cm³/mol. The number of anilines is 1. The first kappa shape index (κ1) is 16.4. The summed E-state index contributed by atoms with van der Waals surface area (Å²) in [5.41, 5.74) is 0.825. The third kappa shape index (κ3) is 4.01. The molecular formula is C15H21NO3S2. The van der Waals surface area contributed by atoms with Gasteiger partial charge in [-0.15, -0.1) is 11.8 Å². The Morgan fingerprint density at radius 1 is 1.38 bits per heavy atom. The van der Waals surface area contributed by atoms with Crippen LogP contribution >= 0.6 is 11.8 Å². The van der Waals surface area contributed by atoms with Gasteiger partial charge in [0, 0.05) is 16.7 Å². The van der Waals surface area contributed by atoms with E-state index in [1.807, 2.05) is 45.0 Å². The molecule has 0 saturated carbocycles. The van der Waals surface area contributed by atoms with Crippen LogP contribution in [0, 0.1) is 5.92 Å². The molecule has 2 rings (SSSR count). The second-order valence-electron chi connectivity index (χ2n) is 5.84. The van der Waals surface area contributed by atoms with Gasteiger partial charge in [0.05, 0.1) is 11.4 Å². The predicted octanol–water partition coefficient (Wildman–Crippen LogP) is 2.58. The summed E-state index contributed by atoms with van der Waals surface area (Å²) < 4.78 is 24.1. The molecule has 6 heteroatoms. The quantitative estimate of drug-likeness (QED) is 0.853. The highest BCUT2D eigenvalue weighted by Crippen LogP contribution is 2.37. The highest BCUT2D eigenvalue weighted by Gasteiger charge is 2.31. The van der Waals surface area contributed by atoms with E-state index in [9.17, 15) is 13.2 Å². The number of carbonyl (C=O) groups is 1. The van der Waals surface area contributed by atoms with E-state index >= 15 is 0 Å². The molecule has 1 aliphatic heterocycles. The summed E-state index contributed by atoms with van der Waals surface area (Å²) in [6.07, 6.45) is 0. The molecule has 1 aromatic carbocycles. The van der Waals surface area contributed by atoms with E-state index in [0.717, 1.165) is 16.3 Å². The van der Waals surface area contributed by atoms with Crippen molar-refractivity contribution in [2.75, 3.05) is 22.2 Å². The first-order valence-electron chi connectivity index (χ1n) is 7.04. The SMILES string of the molecule is CC(C)CS(=O)(=O)CC(=O)N1c2ccccc2SC[C@H]1C. The number of hydrogen-bond acceptors (Lipinski definition) is 4. The summed E-state index contributed by atoms with van der Waals surface area (Å²) in [6.45, 7) is 5.64. The lowest BCUT2D eigenvalue weighted by Gasteiger charge is -2.34. The maximum atomic E-state index is 12.5. The van der Waals surface area contributed by atoms with Crippen LogP contribution in [0.15, 0.2) is 29.2 Å². The molecule has 0 saturated heterocycles. The van der Waals surface area contributed by atoms with E-state index in [1.54, 1.807) is 16.7 Å². The lowest BCUT2D eigenvalue weighted by Crippen LogP contribution is -2.45. The highest BCUT2D eigenvalue weighted by molar-refractivity contribution is 7.99. The van der Waals surface area contributed by atoms with E-state index in [-0.39, 0.29) is 23.6 Å². The molecule has 1 aromatic rings. The molecule has 1 amide bonds. The van der Waals surface area contributed by atoms with Crippen LogP contribution < -0.4 is 4.90 Å². The van der Waals surface area contributed by atoms with Crippen molar-refractivity contribution in [2.45, 2.75) is 31.7 Å². The van der Waals surface area contributed by atoms with Crippen molar-refractivity contribution in [1.82, 2.24) is 0 Å². The third-order valence-electron chi connectivity index (χ3n) is 3.24. The monoisotopic (exact) mass is 327 g/mol. The zero-order chi connectivity index (χ0) is 15.6. The van der Waals surface area contributed by atoms with Crippen LogP contribution in [0.25, 0.3) is 0 Å². The Morgan fingerprint density at radius 3 is 2.71 bits per heavy atom. The van der Waals surface area contributed by atoms with Crippen LogP contribution in [-0.4, -0.2) is 37.6 Å². The van der Waals surface area contributed by atoms with Gasteiger partial charge in [-0.05, 0) is 25.0 Å². The van der Waals surface area contributed by atoms with Gasteiger partial charge in [0.25, 0.3) is 0 Å². The average molecular weight is 327 g/mol. The van der Waals surface area contributed by atoms with Crippen molar-refractivity contribution in [3.8, 4) is 0 Å². The van der Waals surface area contributed by atoms with Gasteiger partial charge >= 0.3 is 0 Å². The molecule has 0 spiro atoms. The zero-order valence-electron chi connectivity index (χ0n) is 12.6. The van der Waals surface area contributed by atoms with Gasteiger partial charge in [0.15, 0.2) is 9.84 Å². The fourth-order valence-electron chi connectivity index (χ4n) is 2.51. The number of nitrogens with zero attached hydrogens (tertiary/aromatic N) is 1. The van der Waals surface area contributed by atoms with Crippen LogP contribution in [-0.2, 0) is 14.6 Å². The molecule has 0 aliphatic carbocycles. The fraction of sp³-hybridized carbons (Fsp3) is 0.533. The van der Waals surface area contributed by atoms with Crippen LogP contribution in [0.5, 0.6) is 0 Å². The molecule has 0 fully saturated rings. The standard InChI is InChI=1S/C15H21NO3S2/c1-11(2)9-21(18,19)10-15(17)16-12(3)8-20-14-7-5-4-6-13(14)16/h4-7,11-12H,8-10H2,1-3H3/t12-/m1/s1. The van der Waals surface area contributed by atoms with E-state index in [2.05, 4.69) is 0 Å². The van der Waals surface area contributed by atoms with Crippen molar-refractivity contribution in [2.24, 2.45) is 5.92 Å². The lowest BCUT2D eigenvalue weighted by atomic mass is 10.2. The number of amides is 1. The maximum Gasteiger partial charge on any atom is 0.242 e. The summed E-state index contributed by atoms with van der Waals surface area (Å²) >= 11 is 1.70. The van der Waals surface area contributed by atoms with Crippen molar-refractivity contribution in [3.05, 3.63) is 24.3 Å². The van der Waals surface area contributed by atoms with Crippen LogP contribution in [0.1, 0.15) is 20.8 Å². The second kappa shape index (κ2) is 6.40. The zero-order valence-corrected chi connectivity index (χ0v) is 14.2. The third-order valence-corrected chi connectivity index (χ3v) is 6.41. The van der Waals surface area contributed by atoms with Gasteiger partial charge < -0.3 is 4.90 Å². The van der Waals surface area contributed by atoms with Gasteiger partial charge in [0.1, 0.15) is 5.75 Å². The van der Waals surface area contributed by atoms with E-state index < -0.39 is 15.6 Å². The molecule has 0 aromatic heterocycles. The van der Waals surface area contributed by atoms with Gasteiger partial charge in [-0.3, -0.25) is 4.79 Å². The van der Waals surface area contributed by atoms with E-state index in [1.165, 1.54) is 0 Å². The van der Waals surface area contributed by atoms with Crippen molar-refractivity contribution in [3.63, 3.8) is 0 Å². The second-order valence-corrected chi connectivity index (χ2v) is 9.01. The molecule has 21 heavy (non-hydrogen) atoms. The number of carbonyl (C=O) groups excluding carboxylic acids is 1. The number of benzene rings is 1. The minimum Gasteiger partial charge on any atom is -0.307 e. The summed E-state index contributed by atoms with van der Waals surface area (Å²) in [6, 6.07) is 7.66. The number of thioether (sulfide) groups is 1. The summed E-state index contributed by atoms with van der Waals surface area (Å²) in [7, 11) is -3.35. The average Bonchev–Trinajstić information content (AvgIpc) is 2.35. The number of rotatable bonds is 4. The van der Waals surface area contributed by atoms with Gasteiger partial charge in [-0.25, -0.2) is 8.42 Å². The number of para-hydroxylation sites is 1. The molecule has 4 nitrogen and oxygen atoms in total. The van der Waals surface area contributed by atoms with Crippen molar-refractivity contribution in [1.29, 1.82) is 0 Å².